The van der Waals surface area contributed by atoms with E-state index >= 15 is 0 Å². The van der Waals surface area contributed by atoms with E-state index < -0.39 is 12.0 Å². The molecule has 7 nitrogen and oxygen atoms in total. The number of carbonyl (C=O) groups is 2. The Kier molecular flexibility index (Phi) is 4.19. The molecule has 0 saturated heterocycles. The molecule has 1 N–H and O–H groups in total. The SMILES string of the molecule is Cc1cc(C(=O)N2Cc3ccccc3C[C@H]2C(=O)O)ccc1-n1cncn1. The van der Waals surface area contributed by atoms with E-state index in [0.717, 1.165) is 22.4 Å². The van der Waals surface area contributed by atoms with Gasteiger partial charge < -0.3 is 10.0 Å². The molecule has 1 atom stereocenters. The van der Waals surface area contributed by atoms with Gasteiger partial charge in [-0.05, 0) is 41.8 Å². The second-order valence-electron chi connectivity index (χ2n) is 6.60. The molecule has 1 amide bonds. The number of amides is 1. The van der Waals surface area contributed by atoms with Gasteiger partial charge in [-0.25, -0.2) is 14.5 Å². The van der Waals surface area contributed by atoms with Crippen molar-refractivity contribution in [1.29, 1.82) is 0 Å². The summed E-state index contributed by atoms with van der Waals surface area (Å²) in [4.78, 5) is 30.2. The molecule has 2 heterocycles. The minimum atomic E-state index is -0.992. The van der Waals surface area contributed by atoms with Crippen LogP contribution < -0.4 is 0 Å². The largest absolute Gasteiger partial charge is 0.480 e. The van der Waals surface area contributed by atoms with Crippen LogP contribution in [0.5, 0.6) is 0 Å². The molecule has 0 unspecified atom stereocenters. The Hall–Kier alpha value is -3.48. The van der Waals surface area contributed by atoms with Crippen molar-refractivity contribution in [1.82, 2.24) is 19.7 Å². The summed E-state index contributed by atoms with van der Waals surface area (Å²) < 4.78 is 1.63. The van der Waals surface area contributed by atoms with Gasteiger partial charge in [-0.3, -0.25) is 4.79 Å². The van der Waals surface area contributed by atoms with Crippen LogP contribution in [0.15, 0.2) is 55.1 Å². The van der Waals surface area contributed by atoms with Gasteiger partial charge in [-0.2, -0.15) is 5.10 Å². The second kappa shape index (κ2) is 6.68. The van der Waals surface area contributed by atoms with Crippen molar-refractivity contribution in [2.75, 3.05) is 0 Å². The summed E-state index contributed by atoms with van der Waals surface area (Å²) in [6.45, 7) is 2.17. The third kappa shape index (κ3) is 3.08. The van der Waals surface area contributed by atoms with Gasteiger partial charge >= 0.3 is 5.97 Å². The summed E-state index contributed by atoms with van der Waals surface area (Å²) in [5.74, 6) is -1.28. The van der Waals surface area contributed by atoms with Crippen LogP contribution >= 0.6 is 0 Å². The number of carboxylic acids is 1. The maximum atomic E-state index is 13.1. The molecule has 4 rings (SSSR count). The molecule has 1 aliphatic rings. The van der Waals surface area contributed by atoms with Crippen LogP contribution in [-0.2, 0) is 17.8 Å². The third-order valence-corrected chi connectivity index (χ3v) is 4.90. The summed E-state index contributed by atoms with van der Waals surface area (Å²) in [5, 5.41) is 13.7. The fourth-order valence-corrected chi connectivity index (χ4v) is 3.50. The minimum Gasteiger partial charge on any atom is -0.480 e. The summed E-state index contributed by atoms with van der Waals surface area (Å²) in [6.07, 6.45) is 3.35. The lowest BCUT2D eigenvalue weighted by Gasteiger charge is -2.34. The molecule has 1 aromatic heterocycles. The Bertz CT molecular complexity index is 1010. The quantitative estimate of drug-likeness (QED) is 0.772. The number of rotatable bonds is 3. The molecule has 2 aromatic carbocycles. The fourth-order valence-electron chi connectivity index (χ4n) is 3.50. The van der Waals surface area contributed by atoms with E-state index in [0.29, 0.717) is 12.0 Å². The number of fused-ring (bicyclic) bond motifs is 1. The molecule has 136 valence electrons. The van der Waals surface area contributed by atoms with Crippen LogP contribution in [-0.4, -0.2) is 42.7 Å². The Morgan fingerprint density at radius 2 is 1.93 bits per heavy atom. The van der Waals surface area contributed by atoms with E-state index in [9.17, 15) is 14.7 Å². The molecule has 0 spiro atoms. The van der Waals surface area contributed by atoms with Crippen molar-refractivity contribution < 1.29 is 14.7 Å². The zero-order valence-electron chi connectivity index (χ0n) is 14.7. The van der Waals surface area contributed by atoms with Gasteiger partial charge in [-0.1, -0.05) is 24.3 Å². The lowest BCUT2D eigenvalue weighted by atomic mass is 9.93. The number of aromatic nitrogens is 3. The van der Waals surface area contributed by atoms with Crippen LogP contribution in [0.3, 0.4) is 0 Å². The lowest BCUT2D eigenvalue weighted by Crippen LogP contribution is -2.48. The normalized spacial score (nSPS) is 16.0. The smallest absolute Gasteiger partial charge is 0.326 e. The first kappa shape index (κ1) is 17.0. The maximum Gasteiger partial charge on any atom is 0.326 e. The Morgan fingerprint density at radius 3 is 2.59 bits per heavy atom. The van der Waals surface area contributed by atoms with E-state index in [1.54, 1.807) is 29.2 Å². The Labute approximate surface area is 155 Å². The first-order valence-corrected chi connectivity index (χ1v) is 8.61. The number of nitrogens with zero attached hydrogens (tertiary/aromatic N) is 4. The number of aliphatic carboxylic acids is 1. The topological polar surface area (TPSA) is 88.3 Å². The zero-order valence-corrected chi connectivity index (χ0v) is 14.7. The van der Waals surface area contributed by atoms with Crippen molar-refractivity contribution >= 4 is 11.9 Å². The van der Waals surface area contributed by atoms with Crippen molar-refractivity contribution in [3.8, 4) is 5.69 Å². The highest BCUT2D eigenvalue weighted by Gasteiger charge is 2.35. The highest BCUT2D eigenvalue weighted by molar-refractivity contribution is 5.97. The van der Waals surface area contributed by atoms with Crippen molar-refractivity contribution in [3.05, 3.63) is 77.4 Å². The predicted octanol–water partition coefficient (Wildman–Crippen LogP) is 2.23. The molecule has 0 saturated carbocycles. The fraction of sp³-hybridized carbons (Fsp3) is 0.200. The van der Waals surface area contributed by atoms with E-state index in [1.807, 2.05) is 31.2 Å². The van der Waals surface area contributed by atoms with E-state index in [1.165, 1.54) is 11.2 Å². The molecule has 0 fully saturated rings. The van der Waals surface area contributed by atoms with Gasteiger partial charge in [0.1, 0.15) is 18.7 Å². The van der Waals surface area contributed by atoms with E-state index in [2.05, 4.69) is 10.1 Å². The van der Waals surface area contributed by atoms with E-state index in [-0.39, 0.29) is 12.5 Å². The molecule has 3 aromatic rings. The maximum absolute atomic E-state index is 13.1. The van der Waals surface area contributed by atoms with Gasteiger partial charge in [0.25, 0.3) is 5.91 Å². The average Bonchev–Trinajstić information content (AvgIpc) is 3.20. The highest BCUT2D eigenvalue weighted by atomic mass is 16.4. The monoisotopic (exact) mass is 362 g/mol. The van der Waals surface area contributed by atoms with Gasteiger partial charge in [0.05, 0.1) is 5.69 Å². The standard InChI is InChI=1S/C20H18N4O3/c1-13-8-15(6-7-17(13)24-12-21-11-22-24)19(25)23-10-16-5-3-2-4-14(16)9-18(23)20(26)27/h2-8,11-12,18H,9-10H2,1H3,(H,26,27)/t18-/m0/s1. The summed E-state index contributed by atoms with van der Waals surface area (Å²) in [7, 11) is 0. The lowest BCUT2D eigenvalue weighted by molar-refractivity contribution is -0.142. The molecular weight excluding hydrogens is 344 g/mol. The third-order valence-electron chi connectivity index (χ3n) is 4.90. The second-order valence-corrected chi connectivity index (χ2v) is 6.60. The summed E-state index contributed by atoms with van der Waals surface area (Å²) in [5.41, 5.74) is 4.10. The van der Waals surface area contributed by atoms with Crippen LogP contribution in [0.4, 0.5) is 0 Å². The van der Waals surface area contributed by atoms with Crippen LogP contribution in [0.25, 0.3) is 5.69 Å². The van der Waals surface area contributed by atoms with Crippen LogP contribution in [0.1, 0.15) is 27.0 Å². The Balaban J connectivity index is 1.67. The molecule has 27 heavy (non-hydrogen) atoms. The molecular formula is C20H18N4O3. The minimum absolute atomic E-state index is 0.287. The molecule has 1 aliphatic heterocycles. The predicted molar refractivity (Wildman–Crippen MR) is 97.5 cm³/mol. The van der Waals surface area contributed by atoms with Gasteiger partial charge in [0, 0.05) is 18.5 Å². The summed E-state index contributed by atoms with van der Waals surface area (Å²) >= 11 is 0. The highest BCUT2D eigenvalue weighted by Crippen LogP contribution is 2.26. The molecule has 7 heteroatoms. The number of carbonyl (C=O) groups excluding carboxylic acids is 1. The van der Waals surface area contributed by atoms with Crippen molar-refractivity contribution in [2.24, 2.45) is 0 Å². The molecule has 0 aliphatic carbocycles. The average molecular weight is 362 g/mol. The van der Waals surface area contributed by atoms with Gasteiger partial charge in [-0.15, -0.1) is 0 Å². The van der Waals surface area contributed by atoms with E-state index in [4.69, 9.17) is 0 Å². The Morgan fingerprint density at radius 1 is 1.15 bits per heavy atom. The molecule has 0 bridgehead atoms. The van der Waals surface area contributed by atoms with Crippen LogP contribution in [0, 0.1) is 6.92 Å². The first-order valence-electron chi connectivity index (χ1n) is 8.61. The number of aryl methyl sites for hydroxylation is 1. The van der Waals surface area contributed by atoms with Crippen molar-refractivity contribution in [3.63, 3.8) is 0 Å². The summed E-state index contributed by atoms with van der Waals surface area (Å²) in [6, 6.07) is 12.0. The number of hydrogen-bond acceptors (Lipinski definition) is 4. The van der Waals surface area contributed by atoms with Crippen LogP contribution in [0.2, 0.25) is 0 Å². The zero-order chi connectivity index (χ0) is 19.0. The van der Waals surface area contributed by atoms with Gasteiger partial charge in [0.2, 0.25) is 0 Å². The number of hydrogen-bond donors (Lipinski definition) is 1. The van der Waals surface area contributed by atoms with Gasteiger partial charge in [0.15, 0.2) is 0 Å². The number of carboxylic acid groups (broad SMARTS) is 1. The number of benzene rings is 2. The first-order chi connectivity index (χ1) is 13.0. The van der Waals surface area contributed by atoms with Crippen molar-refractivity contribution in [2.45, 2.75) is 25.9 Å². The molecule has 0 radical (unpaired) electrons.